The first kappa shape index (κ1) is 14.0. The van der Waals surface area contributed by atoms with Gasteiger partial charge in [0.1, 0.15) is 5.69 Å². The number of benzene rings is 1. The molecule has 0 aliphatic rings. The van der Waals surface area contributed by atoms with E-state index in [2.05, 4.69) is 5.32 Å². The lowest BCUT2D eigenvalue weighted by atomic mass is 10.2. The maximum absolute atomic E-state index is 11.3. The molecule has 0 saturated carbocycles. The second-order valence-corrected chi connectivity index (χ2v) is 3.83. The summed E-state index contributed by atoms with van der Waals surface area (Å²) in [7, 11) is 0. The summed E-state index contributed by atoms with van der Waals surface area (Å²) >= 11 is 0. The van der Waals surface area contributed by atoms with Crippen LogP contribution in [0.1, 0.15) is 20.3 Å². The fourth-order valence-corrected chi connectivity index (χ4v) is 1.54. The largest absolute Gasteiger partial charge is 0.466 e. The average molecular weight is 252 g/mol. The van der Waals surface area contributed by atoms with E-state index in [-0.39, 0.29) is 24.1 Å². The Balaban J connectivity index is 2.67. The Hall–Kier alpha value is -2.11. The Labute approximate surface area is 105 Å². The summed E-state index contributed by atoms with van der Waals surface area (Å²) < 4.78 is 4.82. The molecule has 0 bridgehead atoms. The molecule has 6 nitrogen and oxygen atoms in total. The third-order valence-electron chi connectivity index (χ3n) is 2.28. The fourth-order valence-electron chi connectivity index (χ4n) is 1.54. The molecule has 0 amide bonds. The van der Waals surface area contributed by atoms with Gasteiger partial charge in [-0.3, -0.25) is 14.9 Å². The van der Waals surface area contributed by atoms with E-state index < -0.39 is 4.92 Å². The standard InChI is InChI=1S/C12H16N2O4/c1-3-18-12(15)8-9(2)13-10-6-4-5-7-11(10)14(16)17/h4-7,9,13H,3,8H2,1-2H3/t9-/m0/s1. The number of nitro benzene ring substituents is 1. The lowest BCUT2D eigenvalue weighted by Crippen LogP contribution is -2.21. The molecule has 98 valence electrons. The van der Waals surface area contributed by atoms with Gasteiger partial charge in [-0.1, -0.05) is 12.1 Å². The van der Waals surface area contributed by atoms with Crippen LogP contribution in [0.3, 0.4) is 0 Å². The number of hydrogen-bond acceptors (Lipinski definition) is 5. The Morgan fingerprint density at radius 1 is 1.50 bits per heavy atom. The van der Waals surface area contributed by atoms with Crippen molar-refractivity contribution >= 4 is 17.3 Å². The lowest BCUT2D eigenvalue weighted by Gasteiger charge is -2.14. The van der Waals surface area contributed by atoms with Gasteiger partial charge in [0.05, 0.1) is 18.0 Å². The average Bonchev–Trinajstić information content (AvgIpc) is 2.29. The van der Waals surface area contributed by atoms with Crippen molar-refractivity contribution in [3.63, 3.8) is 0 Å². The number of nitro groups is 1. The molecular formula is C12H16N2O4. The van der Waals surface area contributed by atoms with Crippen molar-refractivity contribution < 1.29 is 14.5 Å². The van der Waals surface area contributed by atoms with E-state index in [0.29, 0.717) is 12.3 Å². The molecule has 18 heavy (non-hydrogen) atoms. The summed E-state index contributed by atoms with van der Waals surface area (Å²) in [5.74, 6) is -0.323. The molecule has 1 aromatic rings. The van der Waals surface area contributed by atoms with Crippen molar-refractivity contribution in [3.05, 3.63) is 34.4 Å². The van der Waals surface area contributed by atoms with Crippen LogP contribution in [0.5, 0.6) is 0 Å². The number of ether oxygens (including phenoxy) is 1. The van der Waals surface area contributed by atoms with Crippen molar-refractivity contribution in [1.82, 2.24) is 0 Å². The van der Waals surface area contributed by atoms with Gasteiger partial charge in [0.25, 0.3) is 5.69 Å². The number of carbonyl (C=O) groups is 1. The van der Waals surface area contributed by atoms with Gasteiger partial charge in [-0.15, -0.1) is 0 Å². The van der Waals surface area contributed by atoms with Crippen molar-refractivity contribution in [2.24, 2.45) is 0 Å². The third kappa shape index (κ3) is 4.04. The molecule has 6 heteroatoms. The number of esters is 1. The molecule has 0 spiro atoms. The molecule has 0 fully saturated rings. The van der Waals surface area contributed by atoms with Gasteiger partial charge in [-0.25, -0.2) is 0 Å². The van der Waals surface area contributed by atoms with E-state index in [1.165, 1.54) is 6.07 Å². The zero-order valence-corrected chi connectivity index (χ0v) is 10.4. The predicted octanol–water partition coefficient (Wildman–Crippen LogP) is 2.35. The monoisotopic (exact) mass is 252 g/mol. The topological polar surface area (TPSA) is 81.5 Å². The molecule has 0 saturated heterocycles. The smallest absolute Gasteiger partial charge is 0.307 e. The Morgan fingerprint density at radius 3 is 2.78 bits per heavy atom. The summed E-state index contributed by atoms with van der Waals surface area (Å²) in [6.07, 6.45) is 0.167. The van der Waals surface area contributed by atoms with E-state index in [4.69, 9.17) is 4.74 Å². The minimum absolute atomic E-state index is 0.00629. The van der Waals surface area contributed by atoms with Gasteiger partial charge in [0, 0.05) is 12.1 Å². The van der Waals surface area contributed by atoms with E-state index in [9.17, 15) is 14.9 Å². The molecule has 0 aliphatic heterocycles. The van der Waals surface area contributed by atoms with Gasteiger partial charge < -0.3 is 10.1 Å². The number of rotatable bonds is 6. The summed E-state index contributed by atoms with van der Waals surface area (Å²) in [5, 5.41) is 13.7. The molecule has 0 unspecified atom stereocenters. The summed E-state index contributed by atoms with van der Waals surface area (Å²) in [5.41, 5.74) is 0.396. The number of anilines is 1. The van der Waals surface area contributed by atoms with E-state index in [1.54, 1.807) is 32.0 Å². The number of nitrogens with zero attached hydrogens (tertiary/aromatic N) is 1. The SMILES string of the molecule is CCOC(=O)C[C@H](C)Nc1ccccc1[N+](=O)[O-]. The second kappa shape index (κ2) is 6.58. The first-order chi connectivity index (χ1) is 8.54. The maximum Gasteiger partial charge on any atom is 0.307 e. The lowest BCUT2D eigenvalue weighted by molar-refractivity contribution is -0.384. The third-order valence-corrected chi connectivity index (χ3v) is 2.28. The van der Waals surface area contributed by atoms with E-state index >= 15 is 0 Å². The molecule has 0 aromatic heterocycles. The molecule has 0 radical (unpaired) electrons. The fraction of sp³-hybridized carbons (Fsp3) is 0.417. The molecule has 1 aromatic carbocycles. The van der Waals surface area contributed by atoms with Crippen LogP contribution in [0.25, 0.3) is 0 Å². The van der Waals surface area contributed by atoms with Crippen molar-refractivity contribution in [1.29, 1.82) is 0 Å². The second-order valence-electron chi connectivity index (χ2n) is 3.83. The van der Waals surface area contributed by atoms with Crippen LogP contribution in [-0.4, -0.2) is 23.5 Å². The number of hydrogen-bond donors (Lipinski definition) is 1. The normalized spacial score (nSPS) is 11.7. The zero-order chi connectivity index (χ0) is 13.5. The number of para-hydroxylation sites is 2. The molecule has 1 atom stereocenters. The quantitative estimate of drug-likeness (QED) is 0.477. The Kier molecular flexibility index (Phi) is 5.10. The van der Waals surface area contributed by atoms with Gasteiger partial charge in [0.2, 0.25) is 0 Å². The Bertz CT molecular complexity index is 434. The summed E-state index contributed by atoms with van der Waals surface area (Å²) in [6.45, 7) is 3.84. The molecule has 0 aliphatic carbocycles. The highest BCUT2D eigenvalue weighted by Gasteiger charge is 2.16. The highest BCUT2D eigenvalue weighted by atomic mass is 16.6. The van der Waals surface area contributed by atoms with Crippen LogP contribution in [0, 0.1) is 10.1 Å². The minimum Gasteiger partial charge on any atom is -0.466 e. The van der Waals surface area contributed by atoms with Crippen LogP contribution < -0.4 is 5.32 Å². The zero-order valence-electron chi connectivity index (χ0n) is 10.4. The molecule has 1 rings (SSSR count). The first-order valence-corrected chi connectivity index (χ1v) is 5.70. The highest BCUT2D eigenvalue weighted by molar-refractivity contribution is 5.71. The summed E-state index contributed by atoms with van der Waals surface area (Å²) in [4.78, 5) is 21.6. The van der Waals surface area contributed by atoms with Gasteiger partial charge in [-0.2, -0.15) is 0 Å². The van der Waals surface area contributed by atoms with Crippen LogP contribution >= 0.6 is 0 Å². The number of carbonyl (C=O) groups excluding carboxylic acids is 1. The van der Waals surface area contributed by atoms with Crippen LogP contribution in [-0.2, 0) is 9.53 Å². The van der Waals surface area contributed by atoms with Crippen molar-refractivity contribution in [2.75, 3.05) is 11.9 Å². The van der Waals surface area contributed by atoms with Gasteiger partial charge in [-0.05, 0) is 19.9 Å². The van der Waals surface area contributed by atoms with Crippen molar-refractivity contribution in [2.45, 2.75) is 26.3 Å². The van der Waals surface area contributed by atoms with Gasteiger partial charge in [0.15, 0.2) is 0 Å². The van der Waals surface area contributed by atoms with Crippen LogP contribution in [0.15, 0.2) is 24.3 Å². The highest BCUT2D eigenvalue weighted by Crippen LogP contribution is 2.24. The molecular weight excluding hydrogens is 236 g/mol. The molecule has 1 N–H and O–H groups in total. The van der Waals surface area contributed by atoms with Crippen LogP contribution in [0.2, 0.25) is 0 Å². The van der Waals surface area contributed by atoms with Crippen molar-refractivity contribution in [3.8, 4) is 0 Å². The first-order valence-electron chi connectivity index (χ1n) is 5.70. The molecule has 0 heterocycles. The maximum atomic E-state index is 11.3. The van der Waals surface area contributed by atoms with Gasteiger partial charge >= 0.3 is 5.97 Å². The Morgan fingerprint density at radius 2 is 2.17 bits per heavy atom. The number of nitrogens with one attached hydrogen (secondary N) is 1. The van der Waals surface area contributed by atoms with E-state index in [0.717, 1.165) is 0 Å². The van der Waals surface area contributed by atoms with E-state index in [1.807, 2.05) is 0 Å². The summed E-state index contributed by atoms with van der Waals surface area (Å²) in [6, 6.07) is 6.09. The minimum atomic E-state index is -0.459. The van der Waals surface area contributed by atoms with Crippen LogP contribution in [0.4, 0.5) is 11.4 Å². The predicted molar refractivity (Wildman–Crippen MR) is 67.4 cm³/mol.